The Morgan fingerprint density at radius 1 is 1.05 bits per heavy atom. The number of ether oxygens (including phenoxy) is 1. The number of thiophene rings is 1. The SMILES string of the molecule is CC.O=C(Cn1cc(-c2cccc3nc(Nc4ccc(OCCN5CCCC5)cc4)nn23)cn1)c1cccs1. The second-order valence-electron chi connectivity index (χ2n) is 8.99. The molecule has 0 spiro atoms. The van der Waals surface area contributed by atoms with Crippen molar-refractivity contribution in [3.63, 3.8) is 0 Å². The topological polar surface area (TPSA) is 89.6 Å². The number of anilines is 2. The van der Waals surface area contributed by atoms with E-state index in [-0.39, 0.29) is 12.3 Å². The molecule has 5 aromatic rings. The number of fused-ring (bicyclic) bond motifs is 1. The molecule has 1 N–H and O–H groups in total. The van der Waals surface area contributed by atoms with Gasteiger partial charge in [-0.05, 0) is 73.8 Å². The van der Waals surface area contributed by atoms with Crippen molar-refractivity contribution >= 4 is 34.4 Å². The number of rotatable bonds is 10. The van der Waals surface area contributed by atoms with Crippen molar-refractivity contribution in [2.45, 2.75) is 33.2 Å². The molecule has 1 aliphatic rings. The van der Waals surface area contributed by atoms with Gasteiger partial charge in [0.1, 0.15) is 18.9 Å². The fourth-order valence-electron chi connectivity index (χ4n) is 4.48. The summed E-state index contributed by atoms with van der Waals surface area (Å²) in [5, 5.41) is 14.2. The highest BCUT2D eigenvalue weighted by Crippen LogP contribution is 2.23. The number of ketones is 1. The second kappa shape index (κ2) is 12.7. The molecule has 1 saturated heterocycles. The van der Waals surface area contributed by atoms with E-state index in [1.807, 2.05) is 80.0 Å². The molecule has 4 aromatic heterocycles. The first kappa shape index (κ1) is 26.6. The molecule has 0 saturated carbocycles. The third kappa shape index (κ3) is 6.52. The highest BCUT2D eigenvalue weighted by molar-refractivity contribution is 7.12. The standard InChI is InChI=1S/C27H27N7O2S.C2H6/c35-24(25-6-4-16-37-25)19-33-18-20(17-28-33)23-5-3-7-26-30-27(31-34(23)26)29-21-8-10-22(11-9-21)36-15-14-32-12-1-2-13-32;1-2/h3-11,16-18H,1-2,12-15,19H2,(H,29,31);1-2H3. The predicted octanol–water partition coefficient (Wildman–Crippen LogP) is 5.78. The zero-order chi connectivity index (χ0) is 27.0. The monoisotopic (exact) mass is 543 g/mol. The lowest BCUT2D eigenvalue weighted by molar-refractivity contribution is 0.0971. The Balaban J connectivity index is 0.00000151. The minimum absolute atomic E-state index is 0.0399. The average molecular weight is 544 g/mol. The lowest BCUT2D eigenvalue weighted by atomic mass is 10.2. The van der Waals surface area contributed by atoms with Crippen molar-refractivity contribution in [2.75, 3.05) is 31.6 Å². The van der Waals surface area contributed by atoms with Crippen LogP contribution in [-0.2, 0) is 6.54 Å². The Kier molecular flexibility index (Phi) is 8.65. The number of benzene rings is 1. The van der Waals surface area contributed by atoms with Gasteiger partial charge < -0.3 is 10.1 Å². The van der Waals surface area contributed by atoms with Crippen molar-refractivity contribution in [2.24, 2.45) is 0 Å². The third-order valence-electron chi connectivity index (χ3n) is 6.38. The Bertz CT molecular complexity index is 1490. The van der Waals surface area contributed by atoms with Crippen molar-refractivity contribution in [3.8, 4) is 17.0 Å². The van der Waals surface area contributed by atoms with Crippen LogP contribution in [0.3, 0.4) is 0 Å². The first-order valence-corrected chi connectivity index (χ1v) is 14.3. The minimum Gasteiger partial charge on any atom is -0.492 e. The van der Waals surface area contributed by atoms with Crippen LogP contribution in [0.5, 0.6) is 5.75 Å². The van der Waals surface area contributed by atoms with Crippen LogP contribution in [0.25, 0.3) is 16.9 Å². The Morgan fingerprint density at radius 2 is 1.87 bits per heavy atom. The lowest BCUT2D eigenvalue weighted by Gasteiger charge is -2.15. The van der Waals surface area contributed by atoms with Gasteiger partial charge in [0, 0.05) is 24.0 Å². The van der Waals surface area contributed by atoms with Crippen molar-refractivity contribution in [1.29, 1.82) is 0 Å². The molecule has 5 heterocycles. The number of pyridine rings is 1. The van der Waals surface area contributed by atoms with E-state index >= 15 is 0 Å². The minimum atomic E-state index is 0.0399. The first-order valence-electron chi connectivity index (χ1n) is 13.4. The van der Waals surface area contributed by atoms with Crippen LogP contribution in [0.2, 0.25) is 0 Å². The molecule has 0 unspecified atom stereocenters. The van der Waals surface area contributed by atoms with E-state index in [9.17, 15) is 4.79 Å². The zero-order valence-electron chi connectivity index (χ0n) is 22.3. The van der Waals surface area contributed by atoms with Gasteiger partial charge >= 0.3 is 0 Å². The summed E-state index contributed by atoms with van der Waals surface area (Å²) < 4.78 is 9.33. The zero-order valence-corrected chi connectivity index (χ0v) is 23.1. The number of likely N-dealkylation sites (tertiary alicyclic amines) is 1. The first-order chi connectivity index (χ1) is 19.2. The van der Waals surface area contributed by atoms with Crippen LogP contribution in [0, 0.1) is 0 Å². The van der Waals surface area contributed by atoms with Crippen LogP contribution in [0.4, 0.5) is 11.6 Å². The second-order valence-corrected chi connectivity index (χ2v) is 9.94. The van der Waals surface area contributed by atoms with Crippen LogP contribution in [0.15, 0.2) is 72.4 Å². The lowest BCUT2D eigenvalue weighted by Crippen LogP contribution is -2.25. The van der Waals surface area contributed by atoms with E-state index in [1.54, 1.807) is 15.4 Å². The van der Waals surface area contributed by atoms with Crippen LogP contribution >= 0.6 is 11.3 Å². The molecule has 0 aliphatic carbocycles. The van der Waals surface area contributed by atoms with Gasteiger partial charge in [-0.1, -0.05) is 26.0 Å². The molecule has 10 heteroatoms. The largest absolute Gasteiger partial charge is 0.492 e. The van der Waals surface area contributed by atoms with Crippen LogP contribution in [0.1, 0.15) is 36.4 Å². The maximum Gasteiger partial charge on any atom is 0.247 e. The summed E-state index contributed by atoms with van der Waals surface area (Å²) in [5.74, 6) is 1.39. The number of nitrogens with one attached hydrogen (secondary N) is 1. The molecule has 1 aliphatic heterocycles. The van der Waals surface area contributed by atoms with Crippen molar-refractivity contribution in [3.05, 3.63) is 77.2 Å². The number of carbonyl (C=O) groups is 1. The molecule has 0 amide bonds. The van der Waals surface area contributed by atoms with Gasteiger partial charge in [-0.2, -0.15) is 10.1 Å². The van der Waals surface area contributed by atoms with E-state index < -0.39 is 0 Å². The maximum absolute atomic E-state index is 12.4. The maximum atomic E-state index is 12.4. The number of hydrogen-bond donors (Lipinski definition) is 1. The quantitative estimate of drug-likeness (QED) is 0.223. The number of Topliss-reactive ketones (excluding diaryl/α,β-unsaturated/α-hetero) is 1. The van der Waals surface area contributed by atoms with Gasteiger partial charge in [0.15, 0.2) is 11.4 Å². The van der Waals surface area contributed by atoms with Crippen molar-refractivity contribution in [1.82, 2.24) is 29.3 Å². The van der Waals surface area contributed by atoms with Gasteiger partial charge in [0.2, 0.25) is 5.95 Å². The fourth-order valence-corrected chi connectivity index (χ4v) is 5.14. The van der Waals surface area contributed by atoms with Gasteiger partial charge in [-0.3, -0.25) is 14.4 Å². The molecule has 39 heavy (non-hydrogen) atoms. The van der Waals surface area contributed by atoms with E-state index in [1.165, 1.54) is 37.3 Å². The normalized spacial score (nSPS) is 13.3. The van der Waals surface area contributed by atoms with Gasteiger partial charge in [0.05, 0.1) is 16.8 Å². The number of nitrogens with zero attached hydrogens (tertiary/aromatic N) is 6. The summed E-state index contributed by atoms with van der Waals surface area (Å²) in [6.45, 7) is 8.22. The van der Waals surface area contributed by atoms with Gasteiger partial charge in [-0.25, -0.2) is 4.52 Å². The predicted molar refractivity (Wildman–Crippen MR) is 155 cm³/mol. The smallest absolute Gasteiger partial charge is 0.247 e. The Labute approximate surface area is 232 Å². The van der Waals surface area contributed by atoms with Crippen LogP contribution in [-0.4, -0.2) is 61.3 Å². The molecule has 0 bridgehead atoms. The summed E-state index contributed by atoms with van der Waals surface area (Å²) in [6.07, 6.45) is 6.18. The van der Waals surface area contributed by atoms with Gasteiger partial charge in [-0.15, -0.1) is 16.4 Å². The molecule has 1 aromatic carbocycles. The summed E-state index contributed by atoms with van der Waals surface area (Å²) in [7, 11) is 0. The molecule has 9 nitrogen and oxygen atoms in total. The highest BCUT2D eigenvalue weighted by atomic mass is 32.1. The molecule has 0 atom stereocenters. The summed E-state index contributed by atoms with van der Waals surface area (Å²) in [6, 6.07) is 17.4. The average Bonchev–Trinajstić information content (AvgIpc) is 3.78. The van der Waals surface area contributed by atoms with Crippen LogP contribution < -0.4 is 10.1 Å². The van der Waals surface area contributed by atoms with E-state index in [0.29, 0.717) is 18.2 Å². The Hall–Kier alpha value is -4.02. The fraction of sp³-hybridized carbons (Fsp3) is 0.310. The highest BCUT2D eigenvalue weighted by Gasteiger charge is 2.14. The molecule has 202 valence electrons. The van der Waals surface area contributed by atoms with E-state index in [2.05, 4.69) is 25.4 Å². The molecular formula is C29H33N7O2S. The third-order valence-corrected chi connectivity index (χ3v) is 7.29. The number of aromatic nitrogens is 5. The Morgan fingerprint density at radius 3 is 2.64 bits per heavy atom. The molecular weight excluding hydrogens is 510 g/mol. The molecule has 0 radical (unpaired) electrons. The van der Waals surface area contributed by atoms with E-state index in [0.717, 1.165) is 34.1 Å². The summed E-state index contributed by atoms with van der Waals surface area (Å²) in [4.78, 5) is 20.2. The number of hydrogen-bond acceptors (Lipinski definition) is 8. The number of carbonyl (C=O) groups excluding carboxylic acids is 1. The molecule has 1 fully saturated rings. The summed E-state index contributed by atoms with van der Waals surface area (Å²) in [5.41, 5.74) is 3.29. The van der Waals surface area contributed by atoms with Gasteiger partial charge in [0.25, 0.3) is 0 Å². The van der Waals surface area contributed by atoms with Crippen molar-refractivity contribution < 1.29 is 9.53 Å². The van der Waals surface area contributed by atoms with E-state index in [4.69, 9.17) is 4.74 Å². The molecule has 6 rings (SSSR count). The summed E-state index contributed by atoms with van der Waals surface area (Å²) >= 11 is 1.44.